The van der Waals surface area contributed by atoms with E-state index in [9.17, 15) is 0 Å². The molecule has 50 heavy (non-hydrogen) atoms. The third-order valence-electron chi connectivity index (χ3n) is 8.02. The van der Waals surface area contributed by atoms with Crippen molar-refractivity contribution in [2.24, 2.45) is 0 Å². The Balaban J connectivity index is 1.29. The third-order valence-corrected chi connectivity index (χ3v) is 8.02. The summed E-state index contributed by atoms with van der Waals surface area (Å²) in [5.41, 5.74) is 9.69. The molecule has 0 saturated heterocycles. The molecule has 0 bridgehead atoms. The normalized spacial score (nSPS) is 9.92. The molecule has 6 nitrogen and oxygen atoms in total. The summed E-state index contributed by atoms with van der Waals surface area (Å²) in [5, 5.41) is 36.6. The molecule has 0 aliphatic heterocycles. The van der Waals surface area contributed by atoms with Gasteiger partial charge in [-0.15, -0.1) is 0 Å². The molecule has 0 atom stereocenters. The van der Waals surface area contributed by atoms with Crippen molar-refractivity contribution in [2.75, 3.05) is 9.80 Å². The van der Waals surface area contributed by atoms with E-state index in [1.165, 1.54) is 0 Å². The third kappa shape index (κ3) is 7.33. The second-order valence-corrected chi connectivity index (χ2v) is 11.2. The largest absolute Gasteiger partial charge is 0.311 e. The average Bonchev–Trinajstić information content (AvgIpc) is 3.19. The maximum Gasteiger partial charge on any atom is 0.130 e. The number of anilines is 6. The van der Waals surface area contributed by atoms with Crippen LogP contribution in [0.1, 0.15) is 11.1 Å². The van der Waals surface area contributed by atoms with E-state index in [0.29, 0.717) is 0 Å². The van der Waals surface area contributed by atoms with E-state index in [-0.39, 0.29) is 11.1 Å². The van der Waals surface area contributed by atoms with Gasteiger partial charge in [0.25, 0.3) is 0 Å². The molecule has 0 fully saturated rings. The second-order valence-electron chi connectivity index (χ2n) is 11.2. The molecule has 0 amide bonds. The van der Waals surface area contributed by atoms with Crippen LogP contribution in [0.2, 0.25) is 0 Å². The summed E-state index contributed by atoms with van der Waals surface area (Å²) in [5.74, 6) is 0. The summed E-state index contributed by atoms with van der Waals surface area (Å²) < 4.78 is 0. The fourth-order valence-corrected chi connectivity index (χ4v) is 5.61. The van der Waals surface area contributed by atoms with Crippen molar-refractivity contribution in [1.82, 2.24) is 0 Å². The van der Waals surface area contributed by atoms with Gasteiger partial charge >= 0.3 is 0 Å². The Morgan fingerprint density at radius 1 is 0.340 bits per heavy atom. The molecule has 234 valence electrons. The van der Waals surface area contributed by atoms with Crippen LogP contribution < -0.4 is 9.80 Å². The van der Waals surface area contributed by atoms with Gasteiger partial charge in [0.1, 0.15) is 35.4 Å². The van der Waals surface area contributed by atoms with E-state index in [0.717, 1.165) is 56.4 Å². The minimum Gasteiger partial charge on any atom is -0.311 e. The number of nitriles is 4. The Bertz CT molecular complexity index is 2110. The van der Waals surface area contributed by atoms with E-state index >= 15 is 0 Å². The van der Waals surface area contributed by atoms with E-state index in [4.69, 9.17) is 21.0 Å². The van der Waals surface area contributed by atoms with Gasteiger partial charge in [-0.25, -0.2) is 0 Å². The summed E-state index contributed by atoms with van der Waals surface area (Å²) in [7, 11) is 0. The molecule has 0 aliphatic rings. The van der Waals surface area contributed by atoms with Crippen LogP contribution in [-0.4, -0.2) is 0 Å². The molecular weight excluding hydrogens is 613 g/mol. The minimum atomic E-state index is 0.0598. The monoisotopic (exact) mass is 640 g/mol. The Morgan fingerprint density at radius 2 is 0.600 bits per heavy atom. The molecule has 0 spiro atoms. The molecule has 6 rings (SSSR count). The van der Waals surface area contributed by atoms with Crippen molar-refractivity contribution >= 4 is 46.3 Å². The van der Waals surface area contributed by atoms with Crippen LogP contribution in [-0.2, 0) is 0 Å². The van der Waals surface area contributed by atoms with Crippen LogP contribution >= 0.6 is 0 Å². The summed E-state index contributed by atoms with van der Waals surface area (Å²) in [6.45, 7) is 0. The molecule has 6 aromatic carbocycles. The van der Waals surface area contributed by atoms with Crippen molar-refractivity contribution in [3.63, 3.8) is 0 Å². The van der Waals surface area contributed by atoms with Gasteiger partial charge in [0.2, 0.25) is 0 Å². The fourth-order valence-electron chi connectivity index (χ4n) is 5.61. The number of allylic oxidation sites excluding steroid dienone is 2. The highest BCUT2D eigenvalue weighted by atomic mass is 15.1. The smallest absolute Gasteiger partial charge is 0.130 e. The number of benzene rings is 6. The first-order valence-corrected chi connectivity index (χ1v) is 15.7. The zero-order valence-electron chi connectivity index (χ0n) is 26.8. The lowest BCUT2D eigenvalue weighted by Gasteiger charge is -2.26. The molecule has 6 aromatic rings. The van der Waals surface area contributed by atoms with Gasteiger partial charge in [0.05, 0.1) is 0 Å². The van der Waals surface area contributed by atoms with E-state index in [2.05, 4.69) is 82.6 Å². The van der Waals surface area contributed by atoms with Crippen LogP contribution in [0.4, 0.5) is 34.1 Å². The SMILES string of the molecule is N#CC(C#N)=Cc1ccc(N(c2ccccc2)c2ccc(-c3ccc(N(c4ccccc4)c4ccc(C=C(C#N)C#N)cc4)cc3)cc2)cc1. The predicted molar refractivity (Wildman–Crippen MR) is 200 cm³/mol. The first-order chi connectivity index (χ1) is 24.6. The molecule has 0 radical (unpaired) electrons. The molecule has 0 heterocycles. The molecule has 0 N–H and O–H groups in total. The van der Waals surface area contributed by atoms with Crippen LogP contribution in [0.5, 0.6) is 0 Å². The molecule has 0 unspecified atom stereocenters. The Hall–Kier alpha value is -7.64. The summed E-state index contributed by atoms with van der Waals surface area (Å²) in [6.07, 6.45) is 3.15. The highest BCUT2D eigenvalue weighted by molar-refractivity contribution is 5.81. The molecule has 0 saturated carbocycles. The lowest BCUT2D eigenvalue weighted by atomic mass is 10.0. The molecule has 6 heteroatoms. The lowest BCUT2D eigenvalue weighted by molar-refractivity contribution is 1.28. The topological polar surface area (TPSA) is 102 Å². The Kier molecular flexibility index (Phi) is 9.89. The first-order valence-electron chi connectivity index (χ1n) is 15.7. The quantitative estimate of drug-likeness (QED) is 0.146. The lowest BCUT2D eigenvalue weighted by Crippen LogP contribution is -2.10. The summed E-state index contributed by atoms with van der Waals surface area (Å²) in [6, 6.07) is 60.3. The zero-order chi connectivity index (χ0) is 34.7. The van der Waals surface area contributed by atoms with E-state index < -0.39 is 0 Å². The van der Waals surface area contributed by atoms with Crippen molar-refractivity contribution in [3.8, 4) is 35.4 Å². The first kappa shape index (κ1) is 32.3. The van der Waals surface area contributed by atoms with Crippen LogP contribution in [0.3, 0.4) is 0 Å². The highest BCUT2D eigenvalue weighted by Crippen LogP contribution is 2.38. The fraction of sp³-hybridized carbons (Fsp3) is 0. The highest BCUT2D eigenvalue weighted by Gasteiger charge is 2.15. The van der Waals surface area contributed by atoms with Crippen molar-refractivity contribution in [2.45, 2.75) is 0 Å². The number of hydrogen-bond acceptors (Lipinski definition) is 6. The van der Waals surface area contributed by atoms with Crippen LogP contribution in [0, 0.1) is 45.3 Å². The standard InChI is InChI=1S/C44H28N6/c45-29-35(30-46)27-33-11-19-41(20-12-33)49(39-7-3-1-4-8-39)43-23-15-37(16-24-43)38-17-25-44(26-18-38)50(40-9-5-2-6-10-40)42-21-13-34(14-22-42)28-36(31-47)32-48/h1-28H. The Labute approximate surface area is 291 Å². The number of para-hydroxylation sites is 2. The van der Waals surface area contributed by atoms with Crippen molar-refractivity contribution < 1.29 is 0 Å². The van der Waals surface area contributed by atoms with E-state index in [1.807, 2.05) is 109 Å². The summed E-state index contributed by atoms with van der Waals surface area (Å²) in [4.78, 5) is 4.33. The number of hydrogen-bond donors (Lipinski definition) is 0. The van der Waals surface area contributed by atoms with Gasteiger partial charge in [-0.1, -0.05) is 84.9 Å². The number of rotatable bonds is 9. The predicted octanol–water partition coefficient (Wildman–Crippen LogP) is 11.2. The van der Waals surface area contributed by atoms with Crippen molar-refractivity contribution in [1.29, 1.82) is 21.0 Å². The maximum absolute atomic E-state index is 9.14. The van der Waals surface area contributed by atoms with Gasteiger partial charge < -0.3 is 9.80 Å². The van der Waals surface area contributed by atoms with Crippen LogP contribution in [0.15, 0.2) is 169 Å². The van der Waals surface area contributed by atoms with Gasteiger partial charge in [0, 0.05) is 34.1 Å². The Morgan fingerprint density at radius 3 is 0.880 bits per heavy atom. The number of nitrogens with zero attached hydrogens (tertiary/aromatic N) is 6. The average molecular weight is 641 g/mol. The molecular formula is C44H28N6. The maximum atomic E-state index is 9.14. The molecule has 0 aliphatic carbocycles. The summed E-state index contributed by atoms with van der Waals surface area (Å²) >= 11 is 0. The van der Waals surface area contributed by atoms with Gasteiger partial charge in [-0.3, -0.25) is 0 Å². The second kappa shape index (κ2) is 15.3. The molecule has 0 aromatic heterocycles. The zero-order valence-corrected chi connectivity index (χ0v) is 26.8. The van der Waals surface area contributed by atoms with Crippen molar-refractivity contribution in [3.05, 3.63) is 180 Å². The van der Waals surface area contributed by atoms with Gasteiger partial charge in [-0.2, -0.15) is 21.0 Å². The van der Waals surface area contributed by atoms with Gasteiger partial charge in [-0.05, 0) is 107 Å². The van der Waals surface area contributed by atoms with Gasteiger partial charge in [0.15, 0.2) is 0 Å². The van der Waals surface area contributed by atoms with Crippen LogP contribution in [0.25, 0.3) is 23.3 Å². The minimum absolute atomic E-state index is 0.0598. The van der Waals surface area contributed by atoms with E-state index in [1.54, 1.807) is 12.2 Å².